The number of hydrogen-bond acceptors (Lipinski definition) is 6. The molecule has 1 aliphatic heterocycles. The van der Waals surface area contributed by atoms with Crippen LogP contribution in [0.25, 0.3) is 10.9 Å². The summed E-state index contributed by atoms with van der Waals surface area (Å²) in [5.41, 5.74) is 0.964. The number of thioether (sulfide) groups is 1. The van der Waals surface area contributed by atoms with Crippen LogP contribution in [-0.4, -0.2) is 58.6 Å². The summed E-state index contributed by atoms with van der Waals surface area (Å²) in [6.07, 6.45) is 4.36. The van der Waals surface area contributed by atoms with Gasteiger partial charge in [0.25, 0.3) is 0 Å². The summed E-state index contributed by atoms with van der Waals surface area (Å²) in [6.45, 7) is 2.61. The van der Waals surface area contributed by atoms with E-state index in [4.69, 9.17) is 16.3 Å². The number of methoxy groups -OCH3 is 1. The van der Waals surface area contributed by atoms with Gasteiger partial charge in [0, 0.05) is 22.0 Å². The van der Waals surface area contributed by atoms with Gasteiger partial charge in [-0.15, -0.1) is 11.8 Å². The molecule has 9 heteroatoms. The van der Waals surface area contributed by atoms with E-state index in [1.807, 2.05) is 18.2 Å². The second-order valence-corrected chi connectivity index (χ2v) is 11.6. The van der Waals surface area contributed by atoms with Crippen molar-refractivity contribution in [3.8, 4) is 5.75 Å². The lowest BCUT2D eigenvalue weighted by molar-refractivity contribution is -0.141. The minimum atomic E-state index is -0.840. The molecule has 0 radical (unpaired) electrons. The Morgan fingerprint density at radius 3 is 2.66 bits per heavy atom. The van der Waals surface area contributed by atoms with Gasteiger partial charge in [0.2, 0.25) is 0 Å². The number of rotatable bonds is 12. The van der Waals surface area contributed by atoms with Gasteiger partial charge >= 0.3 is 5.97 Å². The number of aromatic nitrogens is 1. The molecule has 0 bridgehead atoms. The Bertz CT molecular complexity index is 1240. The standard InChI is InChI=1S/C29H34ClFN2O4S/c1-37-21-5-8-25-23(17-21)28(24(30)19-32-25)26(34)9-10-29(18-27(35)36)11-14-33(15-12-29)13-2-16-38-22-6-3-20(31)4-7-22/h3-8,17,19,26,34H,2,9-16,18H2,1H3,(H,35,36). The van der Waals surface area contributed by atoms with E-state index in [0.717, 1.165) is 60.4 Å². The number of halogens is 2. The molecule has 0 spiro atoms. The lowest BCUT2D eigenvalue weighted by Gasteiger charge is -2.41. The Morgan fingerprint density at radius 1 is 1.24 bits per heavy atom. The third-order valence-corrected chi connectivity index (χ3v) is 8.89. The lowest BCUT2D eigenvalue weighted by atomic mass is 9.71. The van der Waals surface area contributed by atoms with E-state index < -0.39 is 12.1 Å². The Labute approximate surface area is 232 Å². The van der Waals surface area contributed by atoms with Gasteiger partial charge in [-0.05, 0) is 105 Å². The second-order valence-electron chi connectivity index (χ2n) is 10.0. The maximum absolute atomic E-state index is 13.1. The van der Waals surface area contributed by atoms with E-state index in [0.29, 0.717) is 29.2 Å². The van der Waals surface area contributed by atoms with Crippen LogP contribution in [0.5, 0.6) is 5.75 Å². The van der Waals surface area contributed by atoms with Gasteiger partial charge in [0.1, 0.15) is 11.6 Å². The van der Waals surface area contributed by atoms with Gasteiger partial charge in [-0.25, -0.2) is 4.39 Å². The first-order valence-electron chi connectivity index (χ1n) is 12.9. The Balaban J connectivity index is 1.34. The molecule has 6 nitrogen and oxygen atoms in total. The van der Waals surface area contributed by atoms with Crippen molar-refractivity contribution in [2.75, 3.05) is 32.5 Å². The van der Waals surface area contributed by atoms with Gasteiger partial charge in [0.15, 0.2) is 0 Å². The molecule has 1 saturated heterocycles. The highest BCUT2D eigenvalue weighted by Gasteiger charge is 2.37. The molecule has 2 N–H and O–H groups in total. The molecule has 4 rings (SSSR count). The van der Waals surface area contributed by atoms with E-state index in [2.05, 4.69) is 9.88 Å². The molecule has 2 heterocycles. The number of carboxylic acid groups (broad SMARTS) is 1. The van der Waals surface area contributed by atoms with Crippen LogP contribution >= 0.6 is 23.4 Å². The minimum absolute atomic E-state index is 0.0899. The first-order chi connectivity index (χ1) is 18.3. The average Bonchev–Trinajstić information content (AvgIpc) is 2.91. The molecule has 204 valence electrons. The van der Waals surface area contributed by atoms with Crippen LogP contribution in [0, 0.1) is 11.2 Å². The summed E-state index contributed by atoms with van der Waals surface area (Å²) in [5.74, 6) is 0.569. The smallest absolute Gasteiger partial charge is 0.303 e. The van der Waals surface area contributed by atoms with Gasteiger partial charge in [0.05, 0.1) is 30.2 Å². The van der Waals surface area contributed by atoms with Crippen LogP contribution in [0.1, 0.15) is 50.2 Å². The van der Waals surface area contributed by atoms with Crippen LogP contribution in [-0.2, 0) is 4.79 Å². The number of ether oxygens (including phenoxy) is 1. The summed E-state index contributed by atoms with van der Waals surface area (Å²) >= 11 is 8.19. The van der Waals surface area contributed by atoms with Crippen molar-refractivity contribution < 1.29 is 24.1 Å². The maximum Gasteiger partial charge on any atom is 0.303 e. The molecule has 1 aliphatic rings. The summed E-state index contributed by atoms with van der Waals surface area (Å²) in [4.78, 5) is 19.6. The van der Waals surface area contributed by atoms with Gasteiger partial charge < -0.3 is 19.8 Å². The number of likely N-dealkylation sites (tertiary alicyclic amines) is 1. The summed E-state index contributed by atoms with van der Waals surface area (Å²) in [7, 11) is 1.58. The second kappa shape index (κ2) is 13.1. The van der Waals surface area contributed by atoms with Crippen LogP contribution in [0.3, 0.4) is 0 Å². The van der Waals surface area contributed by atoms with Crippen LogP contribution < -0.4 is 4.74 Å². The molecule has 1 fully saturated rings. The fraction of sp³-hybridized carbons (Fsp3) is 0.448. The molecule has 38 heavy (non-hydrogen) atoms. The molecule has 1 aromatic heterocycles. The first-order valence-corrected chi connectivity index (χ1v) is 14.3. The molecule has 0 aliphatic carbocycles. The molecule has 3 aromatic rings. The predicted octanol–water partition coefficient (Wildman–Crippen LogP) is 6.59. The van der Waals surface area contributed by atoms with Crippen molar-refractivity contribution in [3.05, 3.63) is 65.1 Å². The topological polar surface area (TPSA) is 82.9 Å². The molecule has 0 saturated carbocycles. The third kappa shape index (κ3) is 7.38. The number of aliphatic carboxylic acids is 1. The molecule has 1 unspecified atom stereocenters. The molecular formula is C29H34ClFN2O4S. The zero-order chi connectivity index (χ0) is 27.1. The fourth-order valence-electron chi connectivity index (χ4n) is 5.32. The van der Waals surface area contributed by atoms with E-state index in [9.17, 15) is 19.4 Å². The molecular weight excluding hydrogens is 527 g/mol. The van der Waals surface area contributed by atoms with Crippen molar-refractivity contribution in [1.29, 1.82) is 0 Å². The van der Waals surface area contributed by atoms with E-state index in [-0.39, 0.29) is 17.7 Å². The van der Waals surface area contributed by atoms with E-state index >= 15 is 0 Å². The predicted molar refractivity (Wildman–Crippen MR) is 150 cm³/mol. The van der Waals surface area contributed by atoms with Crippen molar-refractivity contribution in [2.45, 2.75) is 49.5 Å². The number of piperidine rings is 1. The Hall–Kier alpha value is -2.39. The number of aliphatic hydroxyl groups excluding tert-OH is 1. The number of carboxylic acids is 1. The van der Waals surface area contributed by atoms with Crippen molar-refractivity contribution in [2.24, 2.45) is 5.41 Å². The number of benzene rings is 2. The molecule has 0 amide bonds. The number of fused-ring (bicyclic) bond motifs is 1. The number of nitrogens with zero attached hydrogens (tertiary/aromatic N) is 2. The number of hydrogen-bond donors (Lipinski definition) is 2. The van der Waals surface area contributed by atoms with Crippen LogP contribution in [0.2, 0.25) is 5.02 Å². The van der Waals surface area contributed by atoms with E-state index in [1.54, 1.807) is 37.2 Å². The normalized spacial score (nSPS) is 16.4. The minimum Gasteiger partial charge on any atom is -0.497 e. The van der Waals surface area contributed by atoms with Gasteiger partial charge in [-0.3, -0.25) is 9.78 Å². The van der Waals surface area contributed by atoms with E-state index in [1.165, 1.54) is 12.1 Å². The third-order valence-electron chi connectivity index (χ3n) is 7.49. The molecule has 1 atom stereocenters. The Kier molecular flexibility index (Phi) is 9.87. The summed E-state index contributed by atoms with van der Waals surface area (Å²) in [6, 6.07) is 12.0. The highest BCUT2D eigenvalue weighted by molar-refractivity contribution is 7.99. The van der Waals surface area contributed by atoms with Crippen LogP contribution in [0.4, 0.5) is 4.39 Å². The lowest BCUT2D eigenvalue weighted by Crippen LogP contribution is -2.41. The highest BCUT2D eigenvalue weighted by atomic mass is 35.5. The average molecular weight is 561 g/mol. The fourth-order valence-corrected chi connectivity index (χ4v) is 6.43. The largest absolute Gasteiger partial charge is 0.497 e. The monoisotopic (exact) mass is 560 g/mol. The molecule has 2 aromatic carbocycles. The SMILES string of the molecule is COc1ccc2ncc(Cl)c(C(O)CCC3(CC(=O)O)CCN(CCCSc4ccc(F)cc4)CC3)c2c1. The maximum atomic E-state index is 13.1. The Morgan fingerprint density at radius 2 is 1.97 bits per heavy atom. The zero-order valence-corrected chi connectivity index (χ0v) is 23.1. The highest BCUT2D eigenvalue weighted by Crippen LogP contribution is 2.43. The summed E-state index contributed by atoms with van der Waals surface area (Å²) in [5, 5.41) is 22.0. The van der Waals surface area contributed by atoms with Gasteiger partial charge in [-0.1, -0.05) is 11.6 Å². The van der Waals surface area contributed by atoms with Gasteiger partial charge in [-0.2, -0.15) is 0 Å². The zero-order valence-electron chi connectivity index (χ0n) is 21.5. The van der Waals surface area contributed by atoms with Crippen molar-refractivity contribution in [3.63, 3.8) is 0 Å². The van der Waals surface area contributed by atoms with Crippen molar-refractivity contribution >= 4 is 40.2 Å². The number of aliphatic hydroxyl groups is 1. The van der Waals surface area contributed by atoms with Crippen molar-refractivity contribution in [1.82, 2.24) is 9.88 Å². The number of pyridine rings is 1. The quantitative estimate of drug-likeness (QED) is 0.191. The summed E-state index contributed by atoms with van der Waals surface area (Å²) < 4.78 is 18.4. The van der Waals surface area contributed by atoms with Crippen LogP contribution in [0.15, 0.2) is 53.6 Å². The first kappa shape index (κ1) is 28.6. The number of carbonyl (C=O) groups is 1.